The molecule has 4 aromatic carbocycles. The molecule has 28 heavy (non-hydrogen) atoms. The van der Waals surface area contributed by atoms with E-state index in [1.165, 1.54) is 0 Å². The van der Waals surface area contributed by atoms with Crippen LogP contribution < -0.4 is 10.1 Å². The summed E-state index contributed by atoms with van der Waals surface area (Å²) in [6.45, 7) is 0.555. The van der Waals surface area contributed by atoms with E-state index >= 15 is 0 Å². The van der Waals surface area contributed by atoms with Crippen molar-refractivity contribution >= 4 is 27.5 Å². The SMILES string of the molecule is O=C(NCC#CCOc1cccc2ccccc12)c1cccc2ccccc12. The normalized spacial score (nSPS) is 10.3. The van der Waals surface area contributed by atoms with E-state index in [0.29, 0.717) is 5.56 Å². The molecule has 4 rings (SSSR count). The predicted octanol–water partition coefficient (Wildman–Crippen LogP) is 4.81. The maximum absolute atomic E-state index is 12.4. The number of rotatable bonds is 4. The Morgan fingerprint density at radius 1 is 0.750 bits per heavy atom. The van der Waals surface area contributed by atoms with Crippen LogP contribution in [0.3, 0.4) is 0 Å². The van der Waals surface area contributed by atoms with Gasteiger partial charge in [0, 0.05) is 10.9 Å². The van der Waals surface area contributed by atoms with Crippen LogP contribution in [0, 0.1) is 11.8 Å². The van der Waals surface area contributed by atoms with Crippen molar-refractivity contribution in [2.45, 2.75) is 0 Å². The van der Waals surface area contributed by atoms with Crippen LogP contribution in [0.4, 0.5) is 0 Å². The molecule has 1 N–H and O–H groups in total. The van der Waals surface area contributed by atoms with E-state index < -0.39 is 0 Å². The summed E-state index contributed by atoms with van der Waals surface area (Å²) < 4.78 is 5.78. The lowest BCUT2D eigenvalue weighted by Crippen LogP contribution is -2.23. The molecule has 0 saturated heterocycles. The molecule has 0 heterocycles. The highest BCUT2D eigenvalue weighted by molar-refractivity contribution is 6.07. The molecule has 0 radical (unpaired) electrons. The van der Waals surface area contributed by atoms with Gasteiger partial charge in [0.25, 0.3) is 5.91 Å². The zero-order valence-electron chi connectivity index (χ0n) is 15.3. The minimum Gasteiger partial charge on any atom is -0.480 e. The summed E-state index contributed by atoms with van der Waals surface area (Å²) in [6.07, 6.45) is 0. The standard InChI is InChI=1S/C25H19NO2/c27-25(23-15-7-11-19-9-1-3-13-21(19)23)26-17-5-6-18-28-24-16-8-12-20-10-2-4-14-22(20)24/h1-4,7-16H,17-18H2,(H,26,27). The van der Waals surface area contributed by atoms with Crippen molar-refractivity contribution in [1.82, 2.24) is 5.32 Å². The van der Waals surface area contributed by atoms with Gasteiger partial charge < -0.3 is 10.1 Å². The first-order valence-corrected chi connectivity index (χ1v) is 9.15. The van der Waals surface area contributed by atoms with Crippen molar-refractivity contribution in [2.24, 2.45) is 0 Å². The summed E-state index contributed by atoms with van der Waals surface area (Å²) in [5, 5.41) is 7.04. The van der Waals surface area contributed by atoms with Gasteiger partial charge in [0.05, 0.1) is 6.54 Å². The van der Waals surface area contributed by atoms with E-state index in [1.807, 2.05) is 72.8 Å². The van der Waals surface area contributed by atoms with E-state index in [4.69, 9.17) is 4.74 Å². The van der Waals surface area contributed by atoms with Gasteiger partial charge >= 0.3 is 0 Å². The first-order chi connectivity index (χ1) is 13.8. The van der Waals surface area contributed by atoms with E-state index in [0.717, 1.165) is 27.3 Å². The molecule has 0 aliphatic rings. The second-order valence-electron chi connectivity index (χ2n) is 6.33. The third kappa shape index (κ3) is 3.82. The van der Waals surface area contributed by atoms with Crippen molar-refractivity contribution in [3.63, 3.8) is 0 Å². The van der Waals surface area contributed by atoms with Crippen molar-refractivity contribution < 1.29 is 9.53 Å². The third-order valence-corrected chi connectivity index (χ3v) is 4.55. The molecule has 0 bridgehead atoms. The minimum atomic E-state index is -0.124. The summed E-state index contributed by atoms with van der Waals surface area (Å²) in [5.41, 5.74) is 0.659. The topological polar surface area (TPSA) is 38.3 Å². The van der Waals surface area contributed by atoms with Crippen molar-refractivity contribution in [1.29, 1.82) is 0 Å². The first-order valence-electron chi connectivity index (χ1n) is 9.15. The summed E-state index contributed by atoms with van der Waals surface area (Å²) in [6, 6.07) is 27.6. The molecule has 4 aromatic rings. The number of ether oxygens (including phenoxy) is 1. The van der Waals surface area contributed by atoms with Crippen molar-refractivity contribution in [3.8, 4) is 17.6 Å². The van der Waals surface area contributed by atoms with Crippen LogP contribution in [-0.4, -0.2) is 19.1 Å². The average Bonchev–Trinajstić information content (AvgIpc) is 2.75. The van der Waals surface area contributed by atoms with Crippen LogP contribution in [-0.2, 0) is 0 Å². The zero-order chi connectivity index (χ0) is 19.2. The lowest BCUT2D eigenvalue weighted by atomic mass is 10.0. The Labute approximate surface area is 164 Å². The van der Waals surface area contributed by atoms with Gasteiger partial charge in [-0.3, -0.25) is 4.79 Å². The summed E-state index contributed by atoms with van der Waals surface area (Å²) in [4.78, 5) is 12.4. The molecule has 0 unspecified atom stereocenters. The van der Waals surface area contributed by atoms with E-state index in [2.05, 4.69) is 29.3 Å². The molecule has 136 valence electrons. The molecule has 0 spiro atoms. The van der Waals surface area contributed by atoms with Crippen molar-refractivity contribution in [2.75, 3.05) is 13.2 Å². The van der Waals surface area contributed by atoms with Gasteiger partial charge in [-0.25, -0.2) is 0 Å². The Morgan fingerprint density at radius 2 is 1.39 bits per heavy atom. The Morgan fingerprint density at radius 3 is 2.21 bits per heavy atom. The fourth-order valence-corrected chi connectivity index (χ4v) is 3.19. The van der Waals surface area contributed by atoms with Crippen LogP contribution in [0.2, 0.25) is 0 Å². The van der Waals surface area contributed by atoms with E-state index in [9.17, 15) is 4.79 Å². The lowest BCUT2D eigenvalue weighted by Gasteiger charge is -2.06. The molecule has 3 nitrogen and oxygen atoms in total. The number of benzene rings is 4. The van der Waals surface area contributed by atoms with Crippen LogP contribution >= 0.6 is 0 Å². The maximum atomic E-state index is 12.4. The molecule has 3 heteroatoms. The quantitative estimate of drug-likeness (QED) is 0.527. The molecule has 0 aromatic heterocycles. The molecule has 0 aliphatic heterocycles. The van der Waals surface area contributed by atoms with Gasteiger partial charge in [-0.1, -0.05) is 84.6 Å². The predicted molar refractivity (Wildman–Crippen MR) is 114 cm³/mol. The van der Waals surface area contributed by atoms with Gasteiger partial charge in [-0.05, 0) is 28.3 Å². The Balaban J connectivity index is 1.34. The Kier molecular flexibility index (Phi) is 5.22. The molecule has 0 aliphatic carbocycles. The van der Waals surface area contributed by atoms with Crippen LogP contribution in [0.5, 0.6) is 5.75 Å². The fourth-order valence-electron chi connectivity index (χ4n) is 3.19. The number of hydrogen-bond donors (Lipinski definition) is 1. The number of carbonyl (C=O) groups excluding carboxylic acids is 1. The summed E-state index contributed by atoms with van der Waals surface area (Å²) >= 11 is 0. The molecular weight excluding hydrogens is 346 g/mol. The smallest absolute Gasteiger partial charge is 0.252 e. The molecule has 0 fully saturated rings. The third-order valence-electron chi connectivity index (χ3n) is 4.55. The number of hydrogen-bond acceptors (Lipinski definition) is 2. The van der Waals surface area contributed by atoms with Crippen LogP contribution in [0.25, 0.3) is 21.5 Å². The van der Waals surface area contributed by atoms with Gasteiger partial charge in [0.2, 0.25) is 0 Å². The van der Waals surface area contributed by atoms with Gasteiger partial charge in [0.1, 0.15) is 12.4 Å². The fraction of sp³-hybridized carbons (Fsp3) is 0.0800. The summed E-state index contributed by atoms with van der Waals surface area (Å²) in [5.74, 6) is 6.59. The number of carbonyl (C=O) groups is 1. The lowest BCUT2D eigenvalue weighted by molar-refractivity contribution is 0.0960. The van der Waals surface area contributed by atoms with Crippen LogP contribution in [0.15, 0.2) is 84.9 Å². The van der Waals surface area contributed by atoms with E-state index in [-0.39, 0.29) is 19.1 Å². The largest absolute Gasteiger partial charge is 0.480 e. The second kappa shape index (κ2) is 8.28. The first kappa shape index (κ1) is 17.6. The van der Waals surface area contributed by atoms with E-state index in [1.54, 1.807) is 0 Å². The molecule has 0 saturated carbocycles. The monoisotopic (exact) mass is 365 g/mol. The minimum absolute atomic E-state index is 0.124. The highest BCUT2D eigenvalue weighted by atomic mass is 16.5. The Bertz CT molecular complexity index is 1190. The van der Waals surface area contributed by atoms with Gasteiger partial charge in [-0.15, -0.1) is 0 Å². The Hall–Kier alpha value is -3.77. The van der Waals surface area contributed by atoms with Gasteiger partial charge in [0.15, 0.2) is 0 Å². The zero-order valence-corrected chi connectivity index (χ0v) is 15.3. The highest BCUT2D eigenvalue weighted by Gasteiger charge is 2.08. The van der Waals surface area contributed by atoms with Crippen molar-refractivity contribution in [3.05, 3.63) is 90.5 Å². The molecular formula is C25H19NO2. The number of amides is 1. The number of nitrogens with one attached hydrogen (secondary N) is 1. The second-order valence-corrected chi connectivity index (χ2v) is 6.33. The summed E-state index contributed by atoms with van der Waals surface area (Å²) in [7, 11) is 0. The van der Waals surface area contributed by atoms with Crippen LogP contribution in [0.1, 0.15) is 10.4 Å². The number of fused-ring (bicyclic) bond motifs is 2. The maximum Gasteiger partial charge on any atom is 0.252 e. The molecule has 1 amide bonds. The molecule has 0 atom stereocenters. The highest BCUT2D eigenvalue weighted by Crippen LogP contribution is 2.24. The van der Waals surface area contributed by atoms with Gasteiger partial charge in [-0.2, -0.15) is 0 Å². The average molecular weight is 365 g/mol.